The summed E-state index contributed by atoms with van der Waals surface area (Å²) in [4.78, 5) is 2.35. The molecule has 160 valence electrons. The van der Waals surface area contributed by atoms with Gasteiger partial charge >= 0.3 is 0 Å². The maximum absolute atomic E-state index is 13.3. The molecule has 1 aliphatic heterocycles. The lowest BCUT2D eigenvalue weighted by atomic mass is 9.68. The normalized spacial score (nSPS) is 23.5. The summed E-state index contributed by atoms with van der Waals surface area (Å²) in [5.41, 5.74) is 9.77. The minimum atomic E-state index is -0.254. The fourth-order valence-corrected chi connectivity index (χ4v) is 4.39. The molecular formula is C26H34FN3. The molecule has 30 heavy (non-hydrogen) atoms. The van der Waals surface area contributed by atoms with Crippen LogP contribution in [0, 0.1) is 5.82 Å². The molecule has 0 saturated carbocycles. The SMILES string of the molecule is C=C(N/N=C1\C(C)N(C)CCC1(C)c1cc(CC)ccc1CC)c1ccc(F)cc1. The molecule has 0 bridgehead atoms. The van der Waals surface area contributed by atoms with Gasteiger partial charge in [0.2, 0.25) is 0 Å². The predicted octanol–water partition coefficient (Wildman–Crippen LogP) is 5.55. The van der Waals surface area contributed by atoms with Crippen LogP contribution in [0.3, 0.4) is 0 Å². The first-order chi connectivity index (χ1) is 14.3. The lowest BCUT2D eigenvalue weighted by Gasteiger charge is -2.44. The minimum absolute atomic E-state index is 0.154. The van der Waals surface area contributed by atoms with E-state index in [9.17, 15) is 4.39 Å². The lowest BCUT2D eigenvalue weighted by molar-refractivity contribution is 0.248. The Balaban J connectivity index is 2.01. The van der Waals surface area contributed by atoms with E-state index in [1.807, 2.05) is 0 Å². The molecule has 0 amide bonds. The fourth-order valence-electron chi connectivity index (χ4n) is 4.39. The van der Waals surface area contributed by atoms with Crippen molar-refractivity contribution in [3.05, 3.63) is 77.1 Å². The number of likely N-dealkylation sites (tertiary alicyclic amines) is 1. The molecule has 2 aromatic rings. The highest BCUT2D eigenvalue weighted by Crippen LogP contribution is 2.38. The number of benzene rings is 2. The lowest BCUT2D eigenvalue weighted by Crippen LogP contribution is -2.54. The van der Waals surface area contributed by atoms with Gasteiger partial charge in [0.1, 0.15) is 5.82 Å². The first-order valence-electron chi connectivity index (χ1n) is 10.9. The molecule has 0 radical (unpaired) electrons. The van der Waals surface area contributed by atoms with E-state index >= 15 is 0 Å². The van der Waals surface area contributed by atoms with Crippen molar-refractivity contribution in [1.29, 1.82) is 0 Å². The number of halogens is 1. The Morgan fingerprint density at radius 1 is 1.20 bits per heavy atom. The van der Waals surface area contributed by atoms with Crippen molar-refractivity contribution in [2.45, 2.75) is 58.4 Å². The summed E-state index contributed by atoms with van der Waals surface area (Å²) >= 11 is 0. The molecule has 1 heterocycles. The standard InChI is InChI=1S/C26H34FN3/c1-7-20-9-10-21(8-2)24(17-20)26(5)15-16-30(6)19(4)25(26)29-28-18(3)22-11-13-23(27)14-12-22/h9-14,17,19,28H,3,7-8,15-16H2,1-2,4-6H3/b29-25+. The van der Waals surface area contributed by atoms with E-state index in [1.54, 1.807) is 12.1 Å². The highest BCUT2D eigenvalue weighted by molar-refractivity contribution is 5.99. The molecule has 0 spiro atoms. The second kappa shape index (κ2) is 9.13. The van der Waals surface area contributed by atoms with Gasteiger partial charge in [0.05, 0.1) is 11.4 Å². The monoisotopic (exact) mass is 407 g/mol. The quantitative estimate of drug-likeness (QED) is 0.636. The van der Waals surface area contributed by atoms with Crippen molar-refractivity contribution < 1.29 is 4.39 Å². The molecule has 0 aliphatic carbocycles. The Morgan fingerprint density at radius 3 is 2.53 bits per heavy atom. The van der Waals surface area contributed by atoms with Gasteiger partial charge in [-0.15, -0.1) is 0 Å². The van der Waals surface area contributed by atoms with Crippen LogP contribution < -0.4 is 5.43 Å². The molecule has 2 unspecified atom stereocenters. The third kappa shape index (κ3) is 4.34. The van der Waals surface area contributed by atoms with Gasteiger partial charge in [-0.2, -0.15) is 5.10 Å². The molecule has 0 aromatic heterocycles. The molecule has 4 heteroatoms. The predicted molar refractivity (Wildman–Crippen MR) is 125 cm³/mol. The van der Waals surface area contributed by atoms with Crippen molar-refractivity contribution in [1.82, 2.24) is 10.3 Å². The van der Waals surface area contributed by atoms with E-state index in [1.165, 1.54) is 28.8 Å². The van der Waals surface area contributed by atoms with Crippen LogP contribution in [0.5, 0.6) is 0 Å². The number of aryl methyl sites for hydroxylation is 2. The number of hydrazone groups is 1. The van der Waals surface area contributed by atoms with Crippen molar-refractivity contribution >= 4 is 11.4 Å². The van der Waals surface area contributed by atoms with Crippen LogP contribution in [0.25, 0.3) is 5.70 Å². The van der Waals surface area contributed by atoms with Gasteiger partial charge in [0, 0.05) is 11.5 Å². The Labute approximate surface area is 180 Å². The summed E-state index contributed by atoms with van der Waals surface area (Å²) in [6.45, 7) is 14.1. The number of nitrogens with zero attached hydrogens (tertiary/aromatic N) is 2. The summed E-state index contributed by atoms with van der Waals surface area (Å²) in [7, 11) is 2.15. The van der Waals surface area contributed by atoms with Gasteiger partial charge in [0.15, 0.2) is 0 Å². The smallest absolute Gasteiger partial charge is 0.123 e. The molecule has 1 saturated heterocycles. The van der Waals surface area contributed by atoms with Gasteiger partial charge < -0.3 is 0 Å². The first-order valence-corrected chi connectivity index (χ1v) is 10.9. The zero-order valence-corrected chi connectivity index (χ0v) is 18.9. The Hall–Kier alpha value is -2.46. The van der Waals surface area contributed by atoms with Gasteiger partial charge in [-0.05, 0) is 86.3 Å². The molecule has 2 aromatic carbocycles. The topological polar surface area (TPSA) is 27.6 Å². The van der Waals surface area contributed by atoms with Gasteiger partial charge in [0.25, 0.3) is 0 Å². The molecular weight excluding hydrogens is 373 g/mol. The van der Waals surface area contributed by atoms with Gasteiger partial charge in [-0.25, -0.2) is 4.39 Å². The van der Waals surface area contributed by atoms with Crippen molar-refractivity contribution in [2.75, 3.05) is 13.6 Å². The van der Waals surface area contributed by atoms with E-state index in [2.05, 4.69) is 69.8 Å². The summed E-state index contributed by atoms with van der Waals surface area (Å²) < 4.78 is 13.3. The summed E-state index contributed by atoms with van der Waals surface area (Å²) in [6, 6.07) is 13.4. The number of hydrogen-bond donors (Lipinski definition) is 1. The molecule has 1 fully saturated rings. The average Bonchev–Trinajstić information content (AvgIpc) is 2.76. The van der Waals surface area contributed by atoms with Crippen LogP contribution in [-0.4, -0.2) is 30.2 Å². The maximum Gasteiger partial charge on any atom is 0.123 e. The van der Waals surface area contributed by atoms with E-state index in [4.69, 9.17) is 5.10 Å². The van der Waals surface area contributed by atoms with E-state index < -0.39 is 0 Å². The number of rotatable bonds is 6. The van der Waals surface area contributed by atoms with E-state index in [0.29, 0.717) is 5.70 Å². The van der Waals surface area contributed by atoms with Crippen LogP contribution in [0.2, 0.25) is 0 Å². The van der Waals surface area contributed by atoms with Crippen LogP contribution >= 0.6 is 0 Å². The minimum Gasteiger partial charge on any atom is -0.298 e. The van der Waals surface area contributed by atoms with Crippen LogP contribution in [0.1, 0.15) is 56.4 Å². The van der Waals surface area contributed by atoms with Gasteiger partial charge in [-0.3, -0.25) is 10.3 Å². The fraction of sp³-hybridized carbons (Fsp3) is 0.423. The van der Waals surface area contributed by atoms with E-state index in [-0.39, 0.29) is 17.3 Å². The van der Waals surface area contributed by atoms with Crippen LogP contribution in [0.4, 0.5) is 4.39 Å². The highest BCUT2D eigenvalue weighted by Gasteiger charge is 2.42. The van der Waals surface area contributed by atoms with Gasteiger partial charge in [-0.1, -0.05) is 45.5 Å². The highest BCUT2D eigenvalue weighted by atomic mass is 19.1. The molecule has 3 rings (SSSR count). The second-order valence-corrected chi connectivity index (χ2v) is 8.53. The molecule has 2 atom stereocenters. The summed E-state index contributed by atoms with van der Waals surface area (Å²) in [5, 5.41) is 4.91. The zero-order valence-electron chi connectivity index (χ0n) is 18.9. The third-order valence-corrected chi connectivity index (χ3v) is 6.65. The average molecular weight is 408 g/mol. The van der Waals surface area contributed by atoms with Crippen LogP contribution in [-0.2, 0) is 18.3 Å². The first kappa shape index (κ1) is 22.2. The Kier molecular flexibility index (Phi) is 6.77. The second-order valence-electron chi connectivity index (χ2n) is 8.53. The third-order valence-electron chi connectivity index (χ3n) is 6.65. The summed E-state index contributed by atoms with van der Waals surface area (Å²) in [6.07, 6.45) is 3.04. The Bertz CT molecular complexity index is 932. The molecule has 1 N–H and O–H groups in total. The van der Waals surface area contributed by atoms with Crippen molar-refractivity contribution in [3.63, 3.8) is 0 Å². The molecule has 3 nitrogen and oxygen atoms in total. The molecule has 1 aliphatic rings. The number of hydrogen-bond acceptors (Lipinski definition) is 3. The number of nitrogens with one attached hydrogen (secondary N) is 1. The van der Waals surface area contributed by atoms with Crippen molar-refractivity contribution in [3.8, 4) is 0 Å². The Morgan fingerprint density at radius 2 is 1.90 bits per heavy atom. The van der Waals surface area contributed by atoms with Crippen LogP contribution in [0.15, 0.2) is 54.1 Å². The maximum atomic E-state index is 13.3. The zero-order chi connectivity index (χ0) is 21.9. The van der Waals surface area contributed by atoms with E-state index in [0.717, 1.165) is 37.1 Å². The largest absolute Gasteiger partial charge is 0.298 e. The number of piperidine rings is 1. The van der Waals surface area contributed by atoms with Crippen molar-refractivity contribution in [2.24, 2.45) is 5.10 Å². The summed E-state index contributed by atoms with van der Waals surface area (Å²) in [5.74, 6) is -0.254.